The van der Waals surface area contributed by atoms with Gasteiger partial charge in [0.05, 0.1) is 17.8 Å². The molecule has 5 rings (SSSR count). The predicted molar refractivity (Wildman–Crippen MR) is 141 cm³/mol. The van der Waals surface area contributed by atoms with Gasteiger partial charge in [-0.2, -0.15) is 17.9 Å². The molecule has 2 aromatic heterocycles. The standard InChI is InChI=1S/C28H26F3N7O2/c1-2-3-12-25-34-38(24-11-7-6-10-23(24)28(29,30)31)27(39)37(25)17-19-13-15-21(16-14-19)40-18-20-8-4-5-9-22(20)26-32-35-36-33-26/h4-11,13-16H,2-3,12,17-18H2,1H3,(H,32,33,35,36). The number of alkyl halides is 3. The van der Waals surface area contributed by atoms with Crippen molar-refractivity contribution in [3.05, 3.63) is 106 Å². The number of hydrogen-bond acceptors (Lipinski definition) is 6. The van der Waals surface area contributed by atoms with Gasteiger partial charge in [-0.1, -0.05) is 61.9 Å². The summed E-state index contributed by atoms with van der Waals surface area (Å²) in [6.07, 6.45) is -2.56. The normalized spacial score (nSPS) is 11.6. The maximum absolute atomic E-state index is 13.7. The van der Waals surface area contributed by atoms with E-state index in [1.54, 1.807) is 12.1 Å². The van der Waals surface area contributed by atoms with Crippen molar-refractivity contribution in [2.24, 2.45) is 0 Å². The van der Waals surface area contributed by atoms with Crippen LogP contribution >= 0.6 is 0 Å². The average molecular weight is 550 g/mol. The van der Waals surface area contributed by atoms with E-state index < -0.39 is 17.4 Å². The van der Waals surface area contributed by atoms with E-state index in [4.69, 9.17) is 4.74 Å². The minimum absolute atomic E-state index is 0.160. The number of H-pyrrole nitrogens is 1. The molecule has 0 aliphatic rings. The summed E-state index contributed by atoms with van der Waals surface area (Å²) in [6, 6.07) is 19.8. The fourth-order valence-electron chi connectivity index (χ4n) is 4.36. The Hall–Kier alpha value is -4.74. The summed E-state index contributed by atoms with van der Waals surface area (Å²) in [5, 5.41) is 18.3. The molecule has 0 radical (unpaired) electrons. The van der Waals surface area contributed by atoms with Gasteiger partial charge in [-0.15, -0.1) is 10.2 Å². The van der Waals surface area contributed by atoms with Gasteiger partial charge in [-0.3, -0.25) is 4.57 Å². The second kappa shape index (κ2) is 11.6. The molecule has 0 saturated carbocycles. The molecule has 0 unspecified atom stereocenters. The summed E-state index contributed by atoms with van der Waals surface area (Å²) < 4.78 is 49.2. The Morgan fingerprint density at radius 2 is 1.73 bits per heavy atom. The summed E-state index contributed by atoms with van der Waals surface area (Å²) in [5.74, 6) is 1.59. The summed E-state index contributed by atoms with van der Waals surface area (Å²) >= 11 is 0. The zero-order valence-electron chi connectivity index (χ0n) is 21.6. The Balaban J connectivity index is 1.37. The molecule has 0 amide bonds. The zero-order chi connectivity index (χ0) is 28.1. The van der Waals surface area contributed by atoms with E-state index in [0.29, 0.717) is 23.8 Å². The molecule has 40 heavy (non-hydrogen) atoms. The monoisotopic (exact) mass is 549 g/mol. The van der Waals surface area contributed by atoms with Crippen molar-refractivity contribution in [1.29, 1.82) is 0 Å². The largest absolute Gasteiger partial charge is 0.489 e. The molecule has 0 bridgehead atoms. The highest BCUT2D eigenvalue weighted by Crippen LogP contribution is 2.33. The number of unbranched alkanes of at least 4 members (excludes halogenated alkanes) is 1. The number of halogens is 3. The van der Waals surface area contributed by atoms with Gasteiger partial charge in [0.15, 0.2) is 5.82 Å². The molecular weight excluding hydrogens is 523 g/mol. The molecule has 0 aliphatic heterocycles. The van der Waals surface area contributed by atoms with Crippen molar-refractivity contribution in [3.8, 4) is 22.8 Å². The predicted octanol–water partition coefficient (Wildman–Crippen LogP) is 5.20. The van der Waals surface area contributed by atoms with Gasteiger partial charge in [0.25, 0.3) is 0 Å². The van der Waals surface area contributed by atoms with Gasteiger partial charge in [-0.25, -0.2) is 9.89 Å². The van der Waals surface area contributed by atoms with E-state index >= 15 is 0 Å². The Morgan fingerprint density at radius 1 is 0.975 bits per heavy atom. The Labute approximate surface area is 227 Å². The highest BCUT2D eigenvalue weighted by atomic mass is 19.4. The number of hydrogen-bond donors (Lipinski definition) is 1. The lowest BCUT2D eigenvalue weighted by Gasteiger charge is -2.11. The molecule has 1 N–H and O–H groups in total. The maximum atomic E-state index is 13.7. The van der Waals surface area contributed by atoms with Crippen LogP contribution < -0.4 is 10.4 Å². The van der Waals surface area contributed by atoms with E-state index in [1.165, 1.54) is 22.8 Å². The number of aryl methyl sites for hydroxylation is 1. The molecule has 0 atom stereocenters. The van der Waals surface area contributed by atoms with Crippen molar-refractivity contribution in [1.82, 2.24) is 35.0 Å². The Kier molecular flexibility index (Phi) is 7.76. The molecule has 12 heteroatoms. The van der Waals surface area contributed by atoms with E-state index in [-0.39, 0.29) is 18.8 Å². The van der Waals surface area contributed by atoms with E-state index in [2.05, 4.69) is 25.7 Å². The van der Waals surface area contributed by atoms with Gasteiger partial charge in [-0.05, 0) is 46.7 Å². The summed E-state index contributed by atoms with van der Waals surface area (Å²) in [5.41, 5.74) is 0.676. The lowest BCUT2D eigenvalue weighted by molar-refractivity contribution is -0.137. The van der Waals surface area contributed by atoms with Gasteiger partial charge >= 0.3 is 11.9 Å². The van der Waals surface area contributed by atoms with Crippen LogP contribution in [0.4, 0.5) is 13.2 Å². The first-order valence-electron chi connectivity index (χ1n) is 12.7. The number of rotatable bonds is 10. The van der Waals surface area contributed by atoms with Crippen LogP contribution in [0.3, 0.4) is 0 Å². The first kappa shape index (κ1) is 26.9. The first-order valence-corrected chi connectivity index (χ1v) is 12.7. The molecule has 0 aliphatic carbocycles. The van der Waals surface area contributed by atoms with Crippen LogP contribution in [0.1, 0.15) is 42.3 Å². The third-order valence-electron chi connectivity index (χ3n) is 6.41. The molecule has 0 saturated heterocycles. The highest BCUT2D eigenvalue weighted by Gasteiger charge is 2.34. The van der Waals surface area contributed by atoms with Crippen LogP contribution in [-0.2, 0) is 25.7 Å². The van der Waals surface area contributed by atoms with Gasteiger partial charge < -0.3 is 4.74 Å². The second-order valence-electron chi connectivity index (χ2n) is 9.15. The first-order chi connectivity index (χ1) is 19.3. The molecule has 9 nitrogen and oxygen atoms in total. The lowest BCUT2D eigenvalue weighted by atomic mass is 10.1. The van der Waals surface area contributed by atoms with E-state index in [0.717, 1.165) is 40.3 Å². The second-order valence-corrected chi connectivity index (χ2v) is 9.15. The van der Waals surface area contributed by atoms with E-state index in [1.807, 2.05) is 43.3 Å². The SMILES string of the molecule is CCCCc1nn(-c2ccccc2C(F)(F)F)c(=O)n1Cc1ccc(OCc2ccccc2-c2nnn[nH]2)cc1. The fraction of sp³-hybridized carbons (Fsp3) is 0.250. The lowest BCUT2D eigenvalue weighted by Crippen LogP contribution is -2.26. The minimum Gasteiger partial charge on any atom is -0.489 e. The van der Waals surface area contributed by atoms with Crippen molar-refractivity contribution in [2.45, 2.75) is 45.5 Å². The van der Waals surface area contributed by atoms with Crippen molar-refractivity contribution < 1.29 is 17.9 Å². The van der Waals surface area contributed by atoms with Gasteiger partial charge in [0.1, 0.15) is 18.2 Å². The van der Waals surface area contributed by atoms with Crippen molar-refractivity contribution in [2.75, 3.05) is 0 Å². The van der Waals surface area contributed by atoms with Crippen LogP contribution in [0.25, 0.3) is 17.1 Å². The van der Waals surface area contributed by atoms with Crippen molar-refractivity contribution in [3.63, 3.8) is 0 Å². The van der Waals surface area contributed by atoms with Crippen LogP contribution in [0, 0.1) is 0 Å². The molecule has 206 valence electrons. The average Bonchev–Trinajstić information content (AvgIpc) is 3.60. The quantitative estimate of drug-likeness (QED) is 0.257. The zero-order valence-corrected chi connectivity index (χ0v) is 21.6. The number of ether oxygens (including phenoxy) is 1. The van der Waals surface area contributed by atoms with Crippen LogP contribution in [0.2, 0.25) is 0 Å². The Morgan fingerprint density at radius 3 is 2.45 bits per heavy atom. The topological polar surface area (TPSA) is 104 Å². The third-order valence-corrected chi connectivity index (χ3v) is 6.41. The molecule has 2 heterocycles. The molecule has 3 aromatic carbocycles. The number of nitrogens with zero attached hydrogens (tertiary/aromatic N) is 6. The Bertz CT molecular complexity index is 1630. The van der Waals surface area contributed by atoms with Crippen LogP contribution in [-0.4, -0.2) is 35.0 Å². The number of aromatic nitrogens is 7. The molecule has 0 fully saturated rings. The number of aromatic amines is 1. The number of tetrazole rings is 1. The molecule has 0 spiro atoms. The van der Waals surface area contributed by atoms with Crippen molar-refractivity contribution >= 4 is 0 Å². The summed E-state index contributed by atoms with van der Waals surface area (Å²) in [6.45, 7) is 2.44. The summed E-state index contributed by atoms with van der Waals surface area (Å²) in [7, 11) is 0. The minimum atomic E-state index is -4.62. The smallest absolute Gasteiger partial charge is 0.418 e. The van der Waals surface area contributed by atoms with Crippen LogP contribution in [0.5, 0.6) is 5.75 Å². The van der Waals surface area contributed by atoms with Gasteiger partial charge in [0, 0.05) is 17.5 Å². The third kappa shape index (κ3) is 5.80. The molecule has 5 aromatic rings. The van der Waals surface area contributed by atoms with Gasteiger partial charge in [0.2, 0.25) is 0 Å². The summed E-state index contributed by atoms with van der Waals surface area (Å²) in [4.78, 5) is 13.3. The van der Waals surface area contributed by atoms with Crippen LogP contribution in [0.15, 0.2) is 77.6 Å². The number of para-hydroxylation sites is 1. The number of benzene rings is 3. The fourth-order valence-corrected chi connectivity index (χ4v) is 4.36. The van der Waals surface area contributed by atoms with E-state index in [9.17, 15) is 18.0 Å². The highest BCUT2D eigenvalue weighted by molar-refractivity contribution is 5.59. The number of nitrogens with one attached hydrogen (secondary N) is 1. The molecular formula is C28H26F3N7O2. The maximum Gasteiger partial charge on any atom is 0.418 e.